The van der Waals surface area contributed by atoms with Crippen LogP contribution in [-0.4, -0.2) is 31.1 Å². The van der Waals surface area contributed by atoms with Crippen LogP contribution in [0.5, 0.6) is 0 Å². The summed E-state index contributed by atoms with van der Waals surface area (Å²) in [5, 5.41) is 3.66. The van der Waals surface area contributed by atoms with Gasteiger partial charge in [-0.05, 0) is 57.1 Å². The van der Waals surface area contributed by atoms with Gasteiger partial charge in [-0.1, -0.05) is 28.1 Å². The van der Waals surface area contributed by atoms with Gasteiger partial charge in [-0.25, -0.2) is 0 Å². The average Bonchev–Trinajstić information content (AvgIpc) is 2.30. The number of benzene rings is 1. The highest BCUT2D eigenvalue weighted by Crippen LogP contribution is 2.19. The Morgan fingerprint density at radius 2 is 2.06 bits per heavy atom. The Balaban J connectivity index is 1.85. The molecule has 1 saturated heterocycles. The predicted octanol–water partition coefficient (Wildman–Crippen LogP) is 2.94. The molecule has 1 fully saturated rings. The number of rotatable bonds is 3. The van der Waals surface area contributed by atoms with Gasteiger partial charge >= 0.3 is 0 Å². The molecule has 1 heterocycles. The van der Waals surface area contributed by atoms with E-state index in [0.29, 0.717) is 6.04 Å². The Hall–Kier alpha value is -0.380. The number of hydrogen-bond donors (Lipinski definition) is 1. The Kier molecular flexibility index (Phi) is 4.60. The van der Waals surface area contributed by atoms with Crippen molar-refractivity contribution in [1.82, 2.24) is 10.2 Å². The first-order valence-corrected chi connectivity index (χ1v) is 7.11. The van der Waals surface area contributed by atoms with Gasteiger partial charge < -0.3 is 10.2 Å². The van der Waals surface area contributed by atoms with Crippen molar-refractivity contribution in [3.63, 3.8) is 0 Å². The van der Waals surface area contributed by atoms with E-state index in [-0.39, 0.29) is 0 Å². The van der Waals surface area contributed by atoms with E-state index < -0.39 is 0 Å². The number of hydrogen-bond acceptors (Lipinski definition) is 2. The second kappa shape index (κ2) is 5.98. The minimum Gasteiger partial charge on any atom is -0.310 e. The van der Waals surface area contributed by atoms with E-state index in [2.05, 4.69) is 58.3 Å². The third-order valence-electron chi connectivity index (χ3n) is 3.51. The Labute approximate surface area is 113 Å². The fourth-order valence-electron chi connectivity index (χ4n) is 2.26. The first-order valence-electron chi connectivity index (χ1n) is 6.32. The molecule has 0 amide bonds. The molecule has 0 aliphatic carbocycles. The van der Waals surface area contributed by atoms with Crippen molar-refractivity contribution in [2.24, 2.45) is 0 Å². The lowest BCUT2D eigenvalue weighted by Crippen LogP contribution is -2.40. The molecule has 0 radical (unpaired) electrons. The van der Waals surface area contributed by atoms with Crippen molar-refractivity contribution in [2.75, 3.05) is 20.1 Å². The summed E-state index contributed by atoms with van der Waals surface area (Å²) < 4.78 is 1.22. The van der Waals surface area contributed by atoms with Crippen LogP contribution < -0.4 is 5.32 Å². The van der Waals surface area contributed by atoms with Crippen LogP contribution in [0.25, 0.3) is 0 Å². The van der Waals surface area contributed by atoms with Crippen LogP contribution in [0, 0.1) is 6.92 Å². The summed E-state index contributed by atoms with van der Waals surface area (Å²) in [7, 11) is 2.20. The fraction of sp³-hybridized carbons (Fsp3) is 0.571. The number of aryl methyl sites for hydroxylation is 1. The summed E-state index contributed by atoms with van der Waals surface area (Å²) in [4.78, 5) is 2.40. The van der Waals surface area contributed by atoms with E-state index in [1.54, 1.807) is 0 Å². The monoisotopic (exact) mass is 296 g/mol. The zero-order valence-electron chi connectivity index (χ0n) is 10.7. The van der Waals surface area contributed by atoms with E-state index in [1.165, 1.54) is 41.5 Å². The second-order valence-corrected chi connectivity index (χ2v) is 5.91. The maximum absolute atomic E-state index is 3.66. The molecule has 1 aromatic rings. The Morgan fingerprint density at radius 1 is 1.35 bits per heavy atom. The van der Waals surface area contributed by atoms with Gasteiger partial charge in [0.25, 0.3) is 0 Å². The van der Waals surface area contributed by atoms with E-state index in [1.807, 2.05) is 0 Å². The molecule has 1 aromatic carbocycles. The van der Waals surface area contributed by atoms with E-state index in [0.717, 1.165) is 6.54 Å². The molecule has 1 N–H and O–H groups in total. The van der Waals surface area contributed by atoms with Crippen molar-refractivity contribution in [2.45, 2.75) is 32.4 Å². The SMILES string of the molecule is Cc1ccc(CNC2CCN(C)CC2)c(Br)c1. The van der Waals surface area contributed by atoms with Crippen LogP contribution in [0.1, 0.15) is 24.0 Å². The van der Waals surface area contributed by atoms with Crippen LogP contribution >= 0.6 is 15.9 Å². The summed E-state index contributed by atoms with van der Waals surface area (Å²) in [6.45, 7) is 5.52. The topological polar surface area (TPSA) is 15.3 Å². The van der Waals surface area contributed by atoms with Crippen LogP contribution in [0.4, 0.5) is 0 Å². The summed E-state index contributed by atoms with van der Waals surface area (Å²) in [5.41, 5.74) is 2.66. The minimum atomic E-state index is 0.680. The highest BCUT2D eigenvalue weighted by Gasteiger charge is 2.15. The lowest BCUT2D eigenvalue weighted by Gasteiger charge is -2.29. The van der Waals surface area contributed by atoms with Gasteiger partial charge in [-0.2, -0.15) is 0 Å². The molecule has 2 nitrogen and oxygen atoms in total. The molecular weight excluding hydrogens is 276 g/mol. The zero-order valence-corrected chi connectivity index (χ0v) is 12.3. The summed E-state index contributed by atoms with van der Waals surface area (Å²) in [6.07, 6.45) is 2.53. The molecule has 0 unspecified atom stereocenters. The van der Waals surface area contributed by atoms with Crippen molar-refractivity contribution < 1.29 is 0 Å². The zero-order chi connectivity index (χ0) is 12.3. The van der Waals surface area contributed by atoms with Gasteiger partial charge in [0.15, 0.2) is 0 Å². The fourth-order valence-corrected chi connectivity index (χ4v) is 2.90. The van der Waals surface area contributed by atoms with Crippen LogP contribution in [-0.2, 0) is 6.54 Å². The molecule has 0 spiro atoms. The molecule has 0 aromatic heterocycles. The lowest BCUT2D eigenvalue weighted by atomic mass is 10.0. The quantitative estimate of drug-likeness (QED) is 0.923. The first kappa shape index (κ1) is 13.1. The highest BCUT2D eigenvalue weighted by molar-refractivity contribution is 9.10. The smallest absolute Gasteiger partial charge is 0.0222 e. The summed E-state index contributed by atoms with van der Waals surface area (Å²) in [6, 6.07) is 7.25. The number of piperidine rings is 1. The first-order chi connectivity index (χ1) is 8.15. The maximum atomic E-state index is 3.66. The standard InChI is InChI=1S/C14H21BrN2/c1-11-3-4-12(14(15)9-11)10-16-13-5-7-17(2)8-6-13/h3-4,9,13,16H,5-8,10H2,1-2H3. The highest BCUT2D eigenvalue weighted by atomic mass is 79.9. The van der Waals surface area contributed by atoms with E-state index in [9.17, 15) is 0 Å². The Morgan fingerprint density at radius 3 is 2.71 bits per heavy atom. The van der Waals surface area contributed by atoms with Crippen LogP contribution in [0.3, 0.4) is 0 Å². The molecule has 17 heavy (non-hydrogen) atoms. The number of nitrogens with zero attached hydrogens (tertiary/aromatic N) is 1. The number of nitrogens with one attached hydrogen (secondary N) is 1. The van der Waals surface area contributed by atoms with Gasteiger partial charge in [-0.15, -0.1) is 0 Å². The minimum absolute atomic E-state index is 0.680. The van der Waals surface area contributed by atoms with Crippen molar-refractivity contribution in [1.29, 1.82) is 0 Å². The predicted molar refractivity (Wildman–Crippen MR) is 76.2 cm³/mol. The summed E-state index contributed by atoms with van der Waals surface area (Å²) in [5.74, 6) is 0. The van der Waals surface area contributed by atoms with Gasteiger partial charge in [0.2, 0.25) is 0 Å². The summed E-state index contributed by atoms with van der Waals surface area (Å²) >= 11 is 3.63. The molecule has 2 rings (SSSR count). The maximum Gasteiger partial charge on any atom is 0.0222 e. The van der Waals surface area contributed by atoms with E-state index >= 15 is 0 Å². The third-order valence-corrected chi connectivity index (χ3v) is 4.25. The van der Waals surface area contributed by atoms with Gasteiger partial charge in [-0.3, -0.25) is 0 Å². The van der Waals surface area contributed by atoms with Gasteiger partial charge in [0.1, 0.15) is 0 Å². The van der Waals surface area contributed by atoms with Crippen LogP contribution in [0.15, 0.2) is 22.7 Å². The molecule has 1 aliphatic heterocycles. The molecule has 0 atom stereocenters. The molecule has 94 valence electrons. The molecule has 1 aliphatic rings. The molecule has 3 heteroatoms. The van der Waals surface area contributed by atoms with Gasteiger partial charge in [0.05, 0.1) is 0 Å². The molecular formula is C14H21BrN2. The van der Waals surface area contributed by atoms with Crippen molar-refractivity contribution >= 4 is 15.9 Å². The number of halogens is 1. The average molecular weight is 297 g/mol. The van der Waals surface area contributed by atoms with Crippen molar-refractivity contribution in [3.05, 3.63) is 33.8 Å². The molecule has 0 saturated carbocycles. The largest absolute Gasteiger partial charge is 0.310 e. The molecule has 0 bridgehead atoms. The van der Waals surface area contributed by atoms with E-state index in [4.69, 9.17) is 0 Å². The second-order valence-electron chi connectivity index (χ2n) is 5.05. The van der Waals surface area contributed by atoms with Gasteiger partial charge in [0, 0.05) is 17.1 Å². The van der Waals surface area contributed by atoms with Crippen LogP contribution in [0.2, 0.25) is 0 Å². The third kappa shape index (κ3) is 3.80. The van der Waals surface area contributed by atoms with Crippen molar-refractivity contribution in [3.8, 4) is 0 Å². The Bertz CT molecular complexity index is 370. The number of likely N-dealkylation sites (tertiary alicyclic amines) is 1. The normalized spacial score (nSPS) is 18.5. The lowest BCUT2D eigenvalue weighted by molar-refractivity contribution is 0.234.